The Morgan fingerprint density at radius 1 is 1.35 bits per heavy atom. The van der Waals surface area contributed by atoms with Crippen LogP contribution in [0, 0.1) is 13.8 Å². The van der Waals surface area contributed by atoms with Crippen molar-refractivity contribution in [1.29, 1.82) is 0 Å². The van der Waals surface area contributed by atoms with E-state index in [4.69, 9.17) is 0 Å². The second-order valence-corrected chi connectivity index (χ2v) is 5.63. The Balaban J connectivity index is 2.34. The van der Waals surface area contributed by atoms with Crippen LogP contribution < -0.4 is 0 Å². The maximum absolute atomic E-state index is 11.7. The van der Waals surface area contributed by atoms with E-state index in [2.05, 4.69) is 22.1 Å². The highest BCUT2D eigenvalue weighted by Gasteiger charge is 2.20. The summed E-state index contributed by atoms with van der Waals surface area (Å²) in [4.78, 5) is 16.4. The molecule has 0 saturated heterocycles. The maximum atomic E-state index is 11.7. The van der Waals surface area contributed by atoms with E-state index < -0.39 is 5.97 Å². The van der Waals surface area contributed by atoms with Gasteiger partial charge in [0.15, 0.2) is 5.65 Å². The molecule has 3 aromatic heterocycles. The van der Waals surface area contributed by atoms with E-state index in [0.717, 1.165) is 17.7 Å². The lowest BCUT2D eigenvalue weighted by Gasteiger charge is -2.06. The van der Waals surface area contributed by atoms with Crippen molar-refractivity contribution in [2.45, 2.75) is 33.7 Å². The van der Waals surface area contributed by atoms with Gasteiger partial charge in [0, 0.05) is 24.8 Å². The fraction of sp³-hybridized carbons (Fsp3) is 0.375. The minimum atomic E-state index is -0.973. The van der Waals surface area contributed by atoms with Crippen molar-refractivity contribution in [2.24, 2.45) is 7.05 Å². The standard InChI is InChI=1S/C16H19N5O2/c1-5-6-21-15-14(9(2)19-21)11(16(22)23)7-13(18-15)12-8-17-20(4)10(12)3/h7-8H,5-6H2,1-4H3,(H,22,23). The Morgan fingerprint density at radius 2 is 2.09 bits per heavy atom. The quantitative estimate of drug-likeness (QED) is 0.800. The molecule has 0 aliphatic heterocycles. The van der Waals surface area contributed by atoms with Crippen LogP contribution in [0.25, 0.3) is 22.3 Å². The number of fused-ring (bicyclic) bond motifs is 1. The monoisotopic (exact) mass is 313 g/mol. The molecule has 0 aromatic carbocycles. The molecule has 7 heteroatoms. The number of aromatic carboxylic acids is 1. The summed E-state index contributed by atoms with van der Waals surface area (Å²) >= 11 is 0. The molecule has 0 aliphatic rings. The molecule has 0 unspecified atom stereocenters. The van der Waals surface area contributed by atoms with E-state index in [1.807, 2.05) is 20.9 Å². The van der Waals surface area contributed by atoms with Crippen molar-refractivity contribution in [3.8, 4) is 11.3 Å². The molecule has 120 valence electrons. The third-order valence-electron chi connectivity index (χ3n) is 4.05. The van der Waals surface area contributed by atoms with Crippen molar-refractivity contribution in [1.82, 2.24) is 24.5 Å². The van der Waals surface area contributed by atoms with Crippen molar-refractivity contribution < 1.29 is 9.90 Å². The van der Waals surface area contributed by atoms with E-state index in [1.54, 1.807) is 21.6 Å². The van der Waals surface area contributed by atoms with Crippen LogP contribution in [0.1, 0.15) is 35.1 Å². The number of carboxylic acids is 1. The van der Waals surface area contributed by atoms with Gasteiger partial charge in [0.05, 0.1) is 28.5 Å². The molecule has 0 saturated carbocycles. The Bertz CT molecular complexity index is 907. The number of carbonyl (C=O) groups is 1. The molecule has 3 heterocycles. The van der Waals surface area contributed by atoms with Crippen LogP contribution in [0.15, 0.2) is 12.3 Å². The van der Waals surface area contributed by atoms with Gasteiger partial charge in [0.1, 0.15) is 0 Å². The molecule has 0 radical (unpaired) electrons. The summed E-state index contributed by atoms with van der Waals surface area (Å²) in [7, 11) is 1.85. The fourth-order valence-corrected chi connectivity index (χ4v) is 2.78. The van der Waals surface area contributed by atoms with Crippen LogP contribution in [0.5, 0.6) is 0 Å². The number of aryl methyl sites for hydroxylation is 3. The van der Waals surface area contributed by atoms with Crippen LogP contribution in [-0.4, -0.2) is 35.6 Å². The summed E-state index contributed by atoms with van der Waals surface area (Å²) in [6, 6.07) is 1.61. The molecule has 7 nitrogen and oxygen atoms in total. The molecular weight excluding hydrogens is 294 g/mol. The van der Waals surface area contributed by atoms with Crippen LogP contribution in [-0.2, 0) is 13.6 Å². The van der Waals surface area contributed by atoms with Gasteiger partial charge in [0.2, 0.25) is 0 Å². The number of pyridine rings is 1. The average molecular weight is 313 g/mol. The van der Waals surface area contributed by atoms with Gasteiger partial charge in [0.25, 0.3) is 0 Å². The first kappa shape index (κ1) is 15.2. The van der Waals surface area contributed by atoms with Gasteiger partial charge in [-0.25, -0.2) is 14.5 Å². The first-order chi connectivity index (χ1) is 10.9. The van der Waals surface area contributed by atoms with Crippen molar-refractivity contribution in [3.63, 3.8) is 0 Å². The van der Waals surface area contributed by atoms with E-state index in [9.17, 15) is 9.90 Å². The summed E-state index contributed by atoms with van der Waals surface area (Å²) in [5.41, 5.74) is 3.91. The maximum Gasteiger partial charge on any atom is 0.336 e. The van der Waals surface area contributed by atoms with Crippen molar-refractivity contribution in [2.75, 3.05) is 0 Å². The summed E-state index contributed by atoms with van der Waals surface area (Å²) in [5.74, 6) is -0.973. The average Bonchev–Trinajstić information content (AvgIpc) is 3.00. The summed E-state index contributed by atoms with van der Waals surface area (Å²) in [6.45, 7) is 6.50. The summed E-state index contributed by atoms with van der Waals surface area (Å²) < 4.78 is 3.53. The van der Waals surface area contributed by atoms with Crippen LogP contribution in [0.3, 0.4) is 0 Å². The molecule has 3 rings (SSSR count). The number of hydrogen-bond donors (Lipinski definition) is 1. The number of aromatic nitrogens is 5. The van der Waals surface area contributed by atoms with E-state index in [1.165, 1.54) is 0 Å². The molecule has 0 atom stereocenters. The second kappa shape index (κ2) is 5.49. The fourth-order valence-electron chi connectivity index (χ4n) is 2.78. The predicted octanol–water partition coefficient (Wildman–Crippen LogP) is 2.56. The first-order valence-electron chi connectivity index (χ1n) is 7.54. The molecule has 1 N–H and O–H groups in total. The third-order valence-corrected chi connectivity index (χ3v) is 4.05. The zero-order valence-electron chi connectivity index (χ0n) is 13.7. The lowest BCUT2D eigenvalue weighted by molar-refractivity contribution is 0.0699. The smallest absolute Gasteiger partial charge is 0.336 e. The van der Waals surface area contributed by atoms with E-state index >= 15 is 0 Å². The lowest BCUT2D eigenvalue weighted by atomic mass is 10.1. The first-order valence-corrected chi connectivity index (χ1v) is 7.54. The number of rotatable bonds is 4. The highest BCUT2D eigenvalue weighted by molar-refractivity contribution is 6.04. The van der Waals surface area contributed by atoms with Gasteiger partial charge in [-0.3, -0.25) is 4.68 Å². The number of carboxylic acid groups (broad SMARTS) is 1. The predicted molar refractivity (Wildman–Crippen MR) is 86.5 cm³/mol. The van der Waals surface area contributed by atoms with E-state index in [0.29, 0.717) is 29.0 Å². The summed E-state index contributed by atoms with van der Waals surface area (Å²) in [6.07, 6.45) is 2.61. The molecule has 0 bridgehead atoms. The Morgan fingerprint density at radius 3 is 2.65 bits per heavy atom. The lowest BCUT2D eigenvalue weighted by Crippen LogP contribution is -2.04. The topological polar surface area (TPSA) is 85.8 Å². The Labute approximate surface area is 133 Å². The normalized spacial score (nSPS) is 11.3. The zero-order valence-corrected chi connectivity index (χ0v) is 13.7. The molecule has 0 amide bonds. The highest BCUT2D eigenvalue weighted by Crippen LogP contribution is 2.28. The minimum absolute atomic E-state index is 0.230. The Hall–Kier alpha value is -2.70. The van der Waals surface area contributed by atoms with Gasteiger partial charge >= 0.3 is 5.97 Å². The van der Waals surface area contributed by atoms with Gasteiger partial charge in [-0.15, -0.1) is 0 Å². The highest BCUT2D eigenvalue weighted by atomic mass is 16.4. The van der Waals surface area contributed by atoms with E-state index in [-0.39, 0.29) is 5.56 Å². The number of hydrogen-bond acceptors (Lipinski definition) is 4. The summed E-state index contributed by atoms with van der Waals surface area (Å²) in [5, 5.41) is 18.9. The van der Waals surface area contributed by atoms with Gasteiger partial charge in [-0.1, -0.05) is 6.92 Å². The number of nitrogens with zero attached hydrogens (tertiary/aromatic N) is 5. The van der Waals surface area contributed by atoms with Gasteiger partial charge in [-0.05, 0) is 26.3 Å². The molecule has 3 aromatic rings. The molecule has 0 aliphatic carbocycles. The van der Waals surface area contributed by atoms with Gasteiger partial charge < -0.3 is 5.11 Å². The molecule has 23 heavy (non-hydrogen) atoms. The second-order valence-electron chi connectivity index (χ2n) is 5.63. The molecular formula is C16H19N5O2. The molecule has 0 spiro atoms. The minimum Gasteiger partial charge on any atom is -0.478 e. The Kier molecular flexibility index (Phi) is 3.63. The van der Waals surface area contributed by atoms with Crippen molar-refractivity contribution >= 4 is 17.0 Å². The third kappa shape index (κ3) is 2.38. The SMILES string of the molecule is CCCn1nc(C)c2c(C(=O)O)cc(-c3cnn(C)c3C)nc21. The zero-order chi connectivity index (χ0) is 16.7. The van der Waals surface area contributed by atoms with Gasteiger partial charge in [-0.2, -0.15) is 10.2 Å². The van der Waals surface area contributed by atoms with Crippen LogP contribution in [0.4, 0.5) is 0 Å². The largest absolute Gasteiger partial charge is 0.478 e. The van der Waals surface area contributed by atoms with Crippen molar-refractivity contribution in [3.05, 3.63) is 29.2 Å². The molecule has 0 fully saturated rings. The van der Waals surface area contributed by atoms with Crippen LogP contribution >= 0.6 is 0 Å². The van der Waals surface area contributed by atoms with Crippen LogP contribution in [0.2, 0.25) is 0 Å².